The number of ether oxygens (including phenoxy) is 1. The van der Waals surface area contributed by atoms with E-state index in [2.05, 4.69) is 6.92 Å². The van der Waals surface area contributed by atoms with Crippen LogP contribution in [0.3, 0.4) is 0 Å². The molecule has 3 heteroatoms. The molecule has 0 aliphatic heterocycles. The number of rotatable bonds is 2. The number of aliphatic hydroxyl groups is 1. The van der Waals surface area contributed by atoms with Gasteiger partial charge in [-0.15, -0.1) is 0 Å². The highest BCUT2D eigenvalue weighted by molar-refractivity contribution is 5.33. The number of methoxy groups -OCH3 is 1. The maximum atomic E-state index is 13.8. The van der Waals surface area contributed by atoms with Crippen LogP contribution in [0, 0.1) is 17.7 Å². The molecular formula is C15H21FO2. The molecule has 0 spiro atoms. The molecule has 18 heavy (non-hydrogen) atoms. The van der Waals surface area contributed by atoms with E-state index in [4.69, 9.17) is 4.74 Å². The average molecular weight is 252 g/mol. The molecule has 0 aromatic heterocycles. The second-order valence-corrected chi connectivity index (χ2v) is 5.43. The number of hydrogen-bond donors (Lipinski definition) is 1. The smallest absolute Gasteiger partial charge is 0.165 e. The van der Waals surface area contributed by atoms with Crippen molar-refractivity contribution in [2.75, 3.05) is 7.11 Å². The quantitative estimate of drug-likeness (QED) is 0.873. The molecular weight excluding hydrogens is 231 g/mol. The van der Waals surface area contributed by atoms with Gasteiger partial charge in [-0.3, -0.25) is 0 Å². The van der Waals surface area contributed by atoms with Crippen molar-refractivity contribution in [1.29, 1.82) is 0 Å². The molecule has 1 aliphatic carbocycles. The highest BCUT2D eigenvalue weighted by atomic mass is 19.1. The summed E-state index contributed by atoms with van der Waals surface area (Å²) in [6.07, 6.45) is 2.81. The first-order chi connectivity index (χ1) is 8.49. The van der Waals surface area contributed by atoms with Crippen LogP contribution in [0.25, 0.3) is 0 Å². The summed E-state index contributed by atoms with van der Waals surface area (Å²) in [6, 6.07) is 4.78. The predicted molar refractivity (Wildman–Crippen MR) is 69.0 cm³/mol. The van der Waals surface area contributed by atoms with Gasteiger partial charge >= 0.3 is 0 Å². The monoisotopic (exact) mass is 252 g/mol. The third-order valence-electron chi connectivity index (χ3n) is 4.48. The number of benzene rings is 1. The summed E-state index contributed by atoms with van der Waals surface area (Å²) < 4.78 is 18.7. The summed E-state index contributed by atoms with van der Waals surface area (Å²) in [4.78, 5) is 0. The summed E-state index contributed by atoms with van der Waals surface area (Å²) in [7, 11) is 1.44. The highest BCUT2D eigenvalue weighted by Crippen LogP contribution is 2.44. The molecule has 1 N–H and O–H groups in total. The van der Waals surface area contributed by atoms with E-state index in [9.17, 15) is 9.50 Å². The van der Waals surface area contributed by atoms with Crippen molar-refractivity contribution in [3.8, 4) is 5.75 Å². The lowest BCUT2D eigenvalue weighted by atomic mass is 9.67. The molecule has 0 radical (unpaired) electrons. The van der Waals surface area contributed by atoms with Gasteiger partial charge in [-0.1, -0.05) is 26.3 Å². The molecule has 1 fully saturated rings. The normalized spacial score (nSPS) is 32.3. The molecule has 1 saturated carbocycles. The molecule has 2 rings (SSSR count). The van der Waals surface area contributed by atoms with Crippen LogP contribution in [0.5, 0.6) is 5.75 Å². The second kappa shape index (κ2) is 4.88. The molecule has 1 aromatic carbocycles. The van der Waals surface area contributed by atoms with Gasteiger partial charge in [-0.05, 0) is 42.4 Å². The van der Waals surface area contributed by atoms with Gasteiger partial charge in [0.05, 0.1) is 12.7 Å². The van der Waals surface area contributed by atoms with E-state index in [-0.39, 0.29) is 11.7 Å². The summed E-state index contributed by atoms with van der Waals surface area (Å²) in [6.45, 7) is 4.20. The maximum absolute atomic E-state index is 13.8. The van der Waals surface area contributed by atoms with Gasteiger partial charge in [-0.25, -0.2) is 4.39 Å². The minimum atomic E-state index is -0.912. The maximum Gasteiger partial charge on any atom is 0.165 e. The lowest BCUT2D eigenvalue weighted by Crippen LogP contribution is -2.40. The average Bonchev–Trinajstić information content (AvgIpc) is 2.36. The molecule has 3 atom stereocenters. The first-order valence-corrected chi connectivity index (χ1v) is 6.55. The Morgan fingerprint density at radius 2 is 2.11 bits per heavy atom. The van der Waals surface area contributed by atoms with Crippen molar-refractivity contribution < 1.29 is 14.2 Å². The Balaban J connectivity index is 2.37. The summed E-state index contributed by atoms with van der Waals surface area (Å²) in [5.74, 6) is 0.403. The van der Waals surface area contributed by atoms with Gasteiger partial charge in [-0.2, -0.15) is 0 Å². The van der Waals surface area contributed by atoms with Crippen molar-refractivity contribution in [2.45, 2.75) is 38.7 Å². The van der Waals surface area contributed by atoms with Crippen LogP contribution in [0.1, 0.15) is 38.7 Å². The van der Waals surface area contributed by atoms with Gasteiger partial charge in [0.15, 0.2) is 11.6 Å². The second-order valence-electron chi connectivity index (χ2n) is 5.43. The van der Waals surface area contributed by atoms with E-state index in [0.717, 1.165) is 12.8 Å². The van der Waals surface area contributed by atoms with E-state index in [0.29, 0.717) is 17.9 Å². The molecule has 0 bridgehead atoms. The molecule has 3 unspecified atom stereocenters. The van der Waals surface area contributed by atoms with Crippen LogP contribution >= 0.6 is 0 Å². The van der Waals surface area contributed by atoms with Gasteiger partial charge in [0.25, 0.3) is 0 Å². The zero-order chi connectivity index (χ0) is 13.3. The third-order valence-corrected chi connectivity index (χ3v) is 4.48. The summed E-state index contributed by atoms with van der Waals surface area (Å²) in [5, 5.41) is 10.9. The van der Waals surface area contributed by atoms with Gasteiger partial charge in [0.1, 0.15) is 0 Å². The Morgan fingerprint density at radius 1 is 1.39 bits per heavy atom. The van der Waals surface area contributed by atoms with Crippen molar-refractivity contribution in [2.24, 2.45) is 11.8 Å². The Bertz CT molecular complexity index is 433. The molecule has 0 amide bonds. The van der Waals surface area contributed by atoms with Gasteiger partial charge in [0.2, 0.25) is 0 Å². The van der Waals surface area contributed by atoms with E-state index >= 15 is 0 Å². The zero-order valence-electron chi connectivity index (χ0n) is 11.2. The molecule has 100 valence electrons. The largest absolute Gasteiger partial charge is 0.494 e. The van der Waals surface area contributed by atoms with E-state index in [1.807, 2.05) is 6.92 Å². The standard InChI is InChI=1S/C15H21FO2/c1-10-5-4-8-15(17,11(10)2)12-6-7-14(18-3)13(16)9-12/h6-7,9-11,17H,4-5,8H2,1-3H3. The Morgan fingerprint density at radius 3 is 2.72 bits per heavy atom. The molecule has 2 nitrogen and oxygen atoms in total. The molecule has 0 heterocycles. The van der Waals surface area contributed by atoms with Crippen LogP contribution in [-0.4, -0.2) is 12.2 Å². The van der Waals surface area contributed by atoms with Crippen molar-refractivity contribution in [3.05, 3.63) is 29.6 Å². The Kier molecular flexibility index (Phi) is 3.62. The van der Waals surface area contributed by atoms with Crippen molar-refractivity contribution in [1.82, 2.24) is 0 Å². The van der Waals surface area contributed by atoms with Crippen LogP contribution in [0.4, 0.5) is 4.39 Å². The molecule has 0 saturated heterocycles. The SMILES string of the molecule is COc1ccc(C2(O)CCCC(C)C2C)cc1F. The first-order valence-electron chi connectivity index (χ1n) is 6.55. The third kappa shape index (κ3) is 2.12. The summed E-state index contributed by atoms with van der Waals surface area (Å²) >= 11 is 0. The van der Waals surface area contributed by atoms with Crippen LogP contribution in [0.2, 0.25) is 0 Å². The van der Waals surface area contributed by atoms with E-state index < -0.39 is 11.4 Å². The van der Waals surface area contributed by atoms with Crippen LogP contribution in [-0.2, 0) is 5.60 Å². The molecule has 1 aliphatic rings. The fraction of sp³-hybridized carbons (Fsp3) is 0.600. The van der Waals surface area contributed by atoms with Crippen molar-refractivity contribution >= 4 is 0 Å². The number of halogens is 1. The van der Waals surface area contributed by atoms with Crippen LogP contribution in [0.15, 0.2) is 18.2 Å². The Hall–Kier alpha value is -1.09. The van der Waals surface area contributed by atoms with Crippen LogP contribution < -0.4 is 4.74 Å². The fourth-order valence-electron chi connectivity index (χ4n) is 2.98. The highest BCUT2D eigenvalue weighted by Gasteiger charge is 2.41. The predicted octanol–water partition coefficient (Wildman–Crippen LogP) is 3.48. The Labute approximate surface area is 108 Å². The van der Waals surface area contributed by atoms with E-state index in [1.165, 1.54) is 13.2 Å². The molecule has 1 aromatic rings. The lowest BCUT2D eigenvalue weighted by Gasteiger charge is -2.42. The van der Waals surface area contributed by atoms with Crippen molar-refractivity contribution in [3.63, 3.8) is 0 Å². The topological polar surface area (TPSA) is 29.5 Å². The van der Waals surface area contributed by atoms with E-state index in [1.54, 1.807) is 12.1 Å². The van der Waals surface area contributed by atoms with Gasteiger partial charge in [0, 0.05) is 0 Å². The lowest BCUT2D eigenvalue weighted by molar-refractivity contribution is -0.0690. The van der Waals surface area contributed by atoms with Gasteiger partial charge < -0.3 is 9.84 Å². The summed E-state index contributed by atoms with van der Waals surface area (Å²) in [5.41, 5.74) is -0.245. The minimum absolute atomic E-state index is 0.138. The zero-order valence-corrected chi connectivity index (χ0v) is 11.2. The fourth-order valence-corrected chi connectivity index (χ4v) is 2.98. The minimum Gasteiger partial charge on any atom is -0.494 e. The number of hydrogen-bond acceptors (Lipinski definition) is 2. The first kappa shape index (κ1) is 13.3.